The first kappa shape index (κ1) is 21.5. The molecule has 0 unspecified atom stereocenters. The number of H-pyrrole nitrogens is 1. The van der Waals surface area contributed by atoms with Crippen LogP contribution in [0.15, 0.2) is 50.9 Å². The Bertz CT molecular complexity index is 1310. The summed E-state index contributed by atoms with van der Waals surface area (Å²) in [5, 5.41) is 4.46. The molecule has 30 heavy (non-hydrogen) atoms. The van der Waals surface area contributed by atoms with Gasteiger partial charge in [0, 0.05) is 18.1 Å². The SMILES string of the molecule is Cc1c(=O)n(Cc2cscn2)c(=O)n2cc(C(=O)NCc3ccc(F)cc3)[nH]c12.Cl. The summed E-state index contributed by atoms with van der Waals surface area (Å²) in [5.41, 5.74) is 2.69. The number of carbonyl (C=O) groups excluding carboxylic acids is 1. The summed E-state index contributed by atoms with van der Waals surface area (Å²) in [6, 6.07) is 5.76. The number of nitrogens with zero attached hydrogens (tertiary/aromatic N) is 3. The lowest BCUT2D eigenvalue weighted by Crippen LogP contribution is -2.38. The van der Waals surface area contributed by atoms with Crippen molar-refractivity contribution in [2.45, 2.75) is 20.0 Å². The van der Waals surface area contributed by atoms with Gasteiger partial charge in [-0.25, -0.2) is 14.2 Å². The van der Waals surface area contributed by atoms with Gasteiger partial charge >= 0.3 is 5.69 Å². The first-order chi connectivity index (χ1) is 13.9. The highest BCUT2D eigenvalue weighted by Gasteiger charge is 2.17. The maximum atomic E-state index is 13.0. The lowest BCUT2D eigenvalue weighted by Gasteiger charge is -2.05. The topological polar surface area (TPSA) is 101 Å². The number of aromatic nitrogens is 4. The van der Waals surface area contributed by atoms with Gasteiger partial charge in [0.1, 0.15) is 17.2 Å². The van der Waals surface area contributed by atoms with Crippen LogP contribution in [0.1, 0.15) is 27.3 Å². The van der Waals surface area contributed by atoms with E-state index in [1.54, 1.807) is 29.9 Å². The Balaban J connectivity index is 0.00000256. The van der Waals surface area contributed by atoms with E-state index in [1.165, 1.54) is 34.1 Å². The van der Waals surface area contributed by atoms with Crippen LogP contribution in [0.5, 0.6) is 0 Å². The van der Waals surface area contributed by atoms with Gasteiger partial charge in [-0.3, -0.25) is 18.6 Å². The standard InChI is InChI=1S/C19H16FN5O3S.ClH/c1-11-16-23-15(17(26)21-6-12-2-4-13(20)5-3-12)8-24(16)19(28)25(18(11)27)7-14-9-29-10-22-14;/h2-5,8-10,23H,6-7H2,1H3,(H,21,26);1H. The number of nitrogens with one attached hydrogen (secondary N) is 2. The summed E-state index contributed by atoms with van der Waals surface area (Å²) in [7, 11) is 0. The molecule has 0 saturated carbocycles. The second-order valence-corrected chi connectivity index (χ2v) is 7.19. The fraction of sp³-hybridized carbons (Fsp3) is 0.158. The molecular weight excluding hydrogens is 433 g/mol. The Morgan fingerprint density at radius 2 is 2.00 bits per heavy atom. The highest BCUT2D eigenvalue weighted by atomic mass is 35.5. The van der Waals surface area contributed by atoms with E-state index in [2.05, 4.69) is 15.3 Å². The zero-order valence-corrected chi connectivity index (χ0v) is 17.3. The Hall–Kier alpha value is -3.24. The third-order valence-corrected chi connectivity index (χ3v) is 5.16. The maximum absolute atomic E-state index is 13.0. The molecule has 2 N–H and O–H groups in total. The van der Waals surface area contributed by atoms with E-state index in [9.17, 15) is 18.8 Å². The van der Waals surface area contributed by atoms with E-state index in [0.29, 0.717) is 11.3 Å². The molecule has 0 aliphatic carbocycles. The average molecular weight is 450 g/mol. The lowest BCUT2D eigenvalue weighted by molar-refractivity contribution is 0.0946. The summed E-state index contributed by atoms with van der Waals surface area (Å²) in [6.07, 6.45) is 1.36. The molecule has 156 valence electrons. The normalized spacial score (nSPS) is 10.7. The first-order valence-corrected chi connectivity index (χ1v) is 9.63. The number of aromatic amines is 1. The number of amides is 1. The molecule has 0 radical (unpaired) electrons. The molecule has 8 nitrogen and oxygen atoms in total. The number of halogens is 2. The number of hydrogen-bond donors (Lipinski definition) is 2. The number of thiazole rings is 1. The van der Waals surface area contributed by atoms with Crippen molar-refractivity contribution in [1.82, 2.24) is 24.3 Å². The Morgan fingerprint density at radius 1 is 1.27 bits per heavy atom. The van der Waals surface area contributed by atoms with Gasteiger partial charge in [-0.1, -0.05) is 12.1 Å². The number of imidazole rings is 1. The van der Waals surface area contributed by atoms with Crippen molar-refractivity contribution in [2.24, 2.45) is 0 Å². The number of aryl methyl sites for hydroxylation is 1. The Morgan fingerprint density at radius 3 is 2.67 bits per heavy atom. The van der Waals surface area contributed by atoms with Crippen molar-refractivity contribution in [3.8, 4) is 0 Å². The van der Waals surface area contributed by atoms with Crippen LogP contribution in [-0.4, -0.2) is 24.8 Å². The molecule has 0 bridgehead atoms. The smallest absolute Gasteiger partial charge is 0.337 e. The minimum atomic E-state index is -0.558. The Kier molecular flexibility index (Phi) is 6.18. The van der Waals surface area contributed by atoms with Crippen molar-refractivity contribution < 1.29 is 9.18 Å². The van der Waals surface area contributed by atoms with E-state index in [-0.39, 0.29) is 42.7 Å². The zero-order valence-electron chi connectivity index (χ0n) is 15.7. The molecule has 0 spiro atoms. The third kappa shape index (κ3) is 4.05. The number of benzene rings is 1. The van der Waals surface area contributed by atoms with Crippen molar-refractivity contribution in [1.29, 1.82) is 0 Å². The molecule has 0 saturated heterocycles. The quantitative estimate of drug-likeness (QED) is 0.487. The van der Waals surface area contributed by atoms with Crippen LogP contribution in [0.2, 0.25) is 0 Å². The highest BCUT2D eigenvalue weighted by Crippen LogP contribution is 2.08. The fourth-order valence-electron chi connectivity index (χ4n) is 2.97. The van der Waals surface area contributed by atoms with Crippen LogP contribution in [0.3, 0.4) is 0 Å². The van der Waals surface area contributed by atoms with E-state index in [4.69, 9.17) is 0 Å². The Labute approximate surface area is 179 Å². The molecule has 4 aromatic rings. The van der Waals surface area contributed by atoms with E-state index < -0.39 is 17.2 Å². The van der Waals surface area contributed by atoms with Crippen LogP contribution in [-0.2, 0) is 13.1 Å². The predicted octanol–water partition coefficient (Wildman–Crippen LogP) is 2.09. The highest BCUT2D eigenvalue weighted by molar-refractivity contribution is 7.07. The van der Waals surface area contributed by atoms with Gasteiger partial charge in [0.15, 0.2) is 0 Å². The molecule has 0 aliphatic heterocycles. The molecule has 1 aromatic carbocycles. The maximum Gasteiger partial charge on any atom is 0.337 e. The van der Waals surface area contributed by atoms with Crippen molar-refractivity contribution in [3.05, 3.63) is 90.5 Å². The lowest BCUT2D eigenvalue weighted by atomic mass is 10.2. The van der Waals surface area contributed by atoms with Crippen LogP contribution >= 0.6 is 23.7 Å². The number of hydrogen-bond acceptors (Lipinski definition) is 5. The fourth-order valence-corrected chi connectivity index (χ4v) is 3.52. The molecule has 0 aliphatic rings. The summed E-state index contributed by atoms with van der Waals surface area (Å²) in [6.45, 7) is 1.84. The molecule has 4 rings (SSSR count). The summed E-state index contributed by atoms with van der Waals surface area (Å²) >= 11 is 1.38. The zero-order chi connectivity index (χ0) is 20.5. The number of rotatable bonds is 5. The van der Waals surface area contributed by atoms with Crippen LogP contribution in [0, 0.1) is 12.7 Å². The van der Waals surface area contributed by atoms with Gasteiger partial charge < -0.3 is 10.3 Å². The summed E-state index contributed by atoms with van der Waals surface area (Å²) in [5.74, 6) is -0.805. The molecule has 3 heterocycles. The number of carbonyl (C=O) groups is 1. The third-order valence-electron chi connectivity index (χ3n) is 4.52. The van der Waals surface area contributed by atoms with Gasteiger partial charge in [-0.2, -0.15) is 0 Å². The summed E-state index contributed by atoms with van der Waals surface area (Å²) < 4.78 is 15.3. The second kappa shape index (κ2) is 8.64. The molecular formula is C19H17ClFN5O3S. The molecule has 11 heteroatoms. The van der Waals surface area contributed by atoms with Crippen LogP contribution in [0.25, 0.3) is 5.65 Å². The van der Waals surface area contributed by atoms with Crippen molar-refractivity contribution in [2.75, 3.05) is 0 Å². The van der Waals surface area contributed by atoms with Gasteiger partial charge in [0.05, 0.1) is 23.3 Å². The minimum Gasteiger partial charge on any atom is -0.347 e. The van der Waals surface area contributed by atoms with Crippen molar-refractivity contribution >= 4 is 35.3 Å². The predicted molar refractivity (Wildman–Crippen MR) is 113 cm³/mol. The van der Waals surface area contributed by atoms with E-state index in [0.717, 1.165) is 10.1 Å². The molecule has 1 amide bonds. The van der Waals surface area contributed by atoms with Gasteiger partial charge in [-0.05, 0) is 24.6 Å². The molecule has 3 aromatic heterocycles. The van der Waals surface area contributed by atoms with Gasteiger partial charge in [-0.15, -0.1) is 23.7 Å². The van der Waals surface area contributed by atoms with Gasteiger partial charge in [0.2, 0.25) is 0 Å². The summed E-state index contributed by atoms with van der Waals surface area (Å²) in [4.78, 5) is 44.8. The first-order valence-electron chi connectivity index (χ1n) is 8.68. The molecule has 0 fully saturated rings. The van der Waals surface area contributed by atoms with Crippen LogP contribution < -0.4 is 16.6 Å². The monoisotopic (exact) mass is 449 g/mol. The largest absolute Gasteiger partial charge is 0.347 e. The average Bonchev–Trinajstić information content (AvgIpc) is 3.39. The van der Waals surface area contributed by atoms with E-state index >= 15 is 0 Å². The minimum absolute atomic E-state index is 0. The van der Waals surface area contributed by atoms with E-state index in [1.807, 2.05) is 0 Å². The van der Waals surface area contributed by atoms with Crippen molar-refractivity contribution in [3.63, 3.8) is 0 Å². The molecule has 0 atom stereocenters. The van der Waals surface area contributed by atoms with Crippen LogP contribution in [0.4, 0.5) is 4.39 Å². The number of fused-ring (bicyclic) bond motifs is 1. The van der Waals surface area contributed by atoms with Gasteiger partial charge in [0.25, 0.3) is 11.5 Å². The second-order valence-electron chi connectivity index (χ2n) is 6.47.